The van der Waals surface area contributed by atoms with E-state index in [2.05, 4.69) is 5.32 Å². The molecule has 1 heterocycles. The first-order valence-corrected chi connectivity index (χ1v) is 7.63. The average Bonchev–Trinajstić information content (AvgIpc) is 2.38. The second-order valence-electron chi connectivity index (χ2n) is 7.02. The van der Waals surface area contributed by atoms with Crippen molar-refractivity contribution < 1.29 is 14.4 Å². The molecule has 1 amide bonds. The summed E-state index contributed by atoms with van der Waals surface area (Å²) in [6.45, 7) is 6.21. The average molecular weight is 282 g/mol. The Morgan fingerprint density at radius 2 is 1.90 bits per heavy atom. The monoisotopic (exact) mass is 282 g/mol. The highest BCUT2D eigenvalue weighted by Gasteiger charge is 2.34. The molecule has 0 unspecified atom stereocenters. The van der Waals surface area contributed by atoms with E-state index in [0.717, 1.165) is 12.8 Å². The highest BCUT2D eigenvalue weighted by atomic mass is 16.7. The van der Waals surface area contributed by atoms with Crippen molar-refractivity contribution in [2.24, 2.45) is 11.3 Å². The number of hydrogen-bond acceptors (Lipinski definition) is 4. The molecule has 1 atom stereocenters. The number of hydroxylamine groups is 2. The van der Waals surface area contributed by atoms with Gasteiger partial charge in [0.05, 0.1) is 12.0 Å². The molecular formula is C15H26N2O3. The molecule has 114 valence electrons. The lowest BCUT2D eigenvalue weighted by Crippen LogP contribution is -2.57. The summed E-state index contributed by atoms with van der Waals surface area (Å²) in [6.07, 6.45) is 6.08. The Kier molecular flexibility index (Phi) is 4.68. The maximum Gasteiger partial charge on any atom is 0.330 e. The molecule has 0 aromatic heterocycles. The van der Waals surface area contributed by atoms with Crippen molar-refractivity contribution in [1.82, 2.24) is 10.4 Å². The van der Waals surface area contributed by atoms with Gasteiger partial charge in [-0.05, 0) is 39.5 Å². The maximum atomic E-state index is 11.9. The molecule has 1 saturated heterocycles. The Hall–Kier alpha value is -1.10. The fourth-order valence-corrected chi connectivity index (χ4v) is 2.87. The van der Waals surface area contributed by atoms with Crippen LogP contribution in [0.3, 0.4) is 0 Å². The third kappa shape index (κ3) is 3.95. The molecule has 1 N–H and O–H groups in total. The molecule has 5 heteroatoms. The van der Waals surface area contributed by atoms with Crippen molar-refractivity contribution in [2.45, 2.75) is 58.9 Å². The van der Waals surface area contributed by atoms with E-state index in [1.807, 2.05) is 20.8 Å². The van der Waals surface area contributed by atoms with Crippen molar-refractivity contribution in [3.63, 3.8) is 0 Å². The van der Waals surface area contributed by atoms with Gasteiger partial charge in [0.15, 0.2) is 0 Å². The first-order chi connectivity index (χ1) is 9.36. The molecule has 0 radical (unpaired) electrons. The molecule has 20 heavy (non-hydrogen) atoms. The van der Waals surface area contributed by atoms with E-state index in [1.165, 1.54) is 24.3 Å². The zero-order valence-corrected chi connectivity index (χ0v) is 12.8. The zero-order valence-electron chi connectivity index (χ0n) is 12.8. The van der Waals surface area contributed by atoms with Gasteiger partial charge in [0.1, 0.15) is 6.54 Å². The van der Waals surface area contributed by atoms with Gasteiger partial charge in [0, 0.05) is 6.04 Å². The van der Waals surface area contributed by atoms with Crippen molar-refractivity contribution in [2.75, 3.05) is 13.1 Å². The number of nitrogens with one attached hydrogen (secondary N) is 1. The Morgan fingerprint density at radius 1 is 1.25 bits per heavy atom. The Morgan fingerprint density at radius 3 is 2.50 bits per heavy atom. The molecule has 1 aliphatic carbocycles. The summed E-state index contributed by atoms with van der Waals surface area (Å²) in [4.78, 5) is 29.1. The lowest BCUT2D eigenvalue weighted by Gasteiger charge is -2.38. The summed E-state index contributed by atoms with van der Waals surface area (Å²) in [6, 6.07) is 0.115. The predicted octanol–water partition coefficient (Wildman–Crippen LogP) is 1.87. The number of amides is 1. The van der Waals surface area contributed by atoms with Gasteiger partial charge < -0.3 is 10.2 Å². The Labute approximate surface area is 121 Å². The van der Waals surface area contributed by atoms with Crippen LogP contribution >= 0.6 is 0 Å². The van der Waals surface area contributed by atoms with Crippen molar-refractivity contribution in [3.8, 4) is 0 Å². The van der Waals surface area contributed by atoms with Crippen LogP contribution in [0.2, 0.25) is 0 Å². The number of carbonyl (C=O) groups excluding carboxylic acids is 2. The summed E-state index contributed by atoms with van der Waals surface area (Å²) in [5, 5.41) is 4.59. The second-order valence-corrected chi connectivity index (χ2v) is 7.02. The van der Waals surface area contributed by atoms with Gasteiger partial charge in [-0.1, -0.05) is 19.3 Å². The molecule has 0 aromatic rings. The standard InChI is InChI=1S/C15H26N2O3/c1-15(2,3)14(19)20-17-9-12(16-13(18)10-17)11-7-5-4-6-8-11/h11-12H,4-10H2,1-3H3,(H,16,18)/t12-/m0/s1. The number of piperazine rings is 1. The van der Waals surface area contributed by atoms with Crippen molar-refractivity contribution in [1.29, 1.82) is 0 Å². The van der Waals surface area contributed by atoms with Crippen LogP contribution in [-0.2, 0) is 14.4 Å². The minimum atomic E-state index is -0.547. The van der Waals surface area contributed by atoms with Crippen LogP contribution in [0.5, 0.6) is 0 Å². The van der Waals surface area contributed by atoms with Gasteiger partial charge in [-0.3, -0.25) is 4.79 Å². The zero-order chi connectivity index (χ0) is 14.8. The van der Waals surface area contributed by atoms with E-state index in [9.17, 15) is 9.59 Å². The third-order valence-electron chi connectivity index (χ3n) is 4.11. The minimum Gasteiger partial charge on any atom is -0.367 e. The van der Waals surface area contributed by atoms with Crippen LogP contribution in [0.15, 0.2) is 0 Å². The minimum absolute atomic E-state index is 0.0477. The fraction of sp³-hybridized carbons (Fsp3) is 0.867. The predicted molar refractivity (Wildman–Crippen MR) is 75.6 cm³/mol. The van der Waals surface area contributed by atoms with Gasteiger partial charge in [0.2, 0.25) is 5.91 Å². The van der Waals surface area contributed by atoms with E-state index in [4.69, 9.17) is 4.84 Å². The lowest BCUT2D eigenvalue weighted by atomic mass is 9.83. The molecule has 1 aliphatic heterocycles. The Bertz CT molecular complexity index is 370. The molecule has 0 spiro atoms. The van der Waals surface area contributed by atoms with Gasteiger partial charge in [-0.15, -0.1) is 5.06 Å². The van der Waals surface area contributed by atoms with Crippen LogP contribution in [0, 0.1) is 11.3 Å². The van der Waals surface area contributed by atoms with E-state index < -0.39 is 5.41 Å². The van der Waals surface area contributed by atoms with Crippen molar-refractivity contribution in [3.05, 3.63) is 0 Å². The molecule has 5 nitrogen and oxygen atoms in total. The first kappa shape index (κ1) is 15.3. The fourth-order valence-electron chi connectivity index (χ4n) is 2.87. The number of nitrogens with zero attached hydrogens (tertiary/aromatic N) is 1. The number of hydrogen-bond donors (Lipinski definition) is 1. The molecule has 2 aliphatic rings. The van der Waals surface area contributed by atoms with Gasteiger partial charge in [-0.25, -0.2) is 4.79 Å². The van der Waals surface area contributed by atoms with E-state index in [1.54, 1.807) is 0 Å². The van der Waals surface area contributed by atoms with Gasteiger partial charge >= 0.3 is 5.97 Å². The molecule has 1 saturated carbocycles. The maximum absolute atomic E-state index is 11.9. The summed E-state index contributed by atoms with van der Waals surface area (Å²) in [5.41, 5.74) is -0.547. The smallest absolute Gasteiger partial charge is 0.330 e. The van der Waals surface area contributed by atoms with Crippen LogP contribution in [0.1, 0.15) is 52.9 Å². The normalized spacial score (nSPS) is 26.1. The number of rotatable bonds is 2. The highest BCUT2D eigenvalue weighted by molar-refractivity contribution is 5.80. The summed E-state index contributed by atoms with van der Waals surface area (Å²) in [5.74, 6) is 0.187. The number of carbonyl (C=O) groups is 2. The quantitative estimate of drug-likeness (QED) is 0.840. The molecule has 0 bridgehead atoms. The van der Waals surface area contributed by atoms with Crippen LogP contribution in [-0.4, -0.2) is 36.1 Å². The summed E-state index contributed by atoms with van der Waals surface area (Å²) in [7, 11) is 0. The molecule has 2 rings (SSSR count). The Balaban J connectivity index is 1.94. The summed E-state index contributed by atoms with van der Waals surface area (Å²) >= 11 is 0. The van der Waals surface area contributed by atoms with Gasteiger partial charge in [0.25, 0.3) is 0 Å². The van der Waals surface area contributed by atoms with Crippen LogP contribution in [0.25, 0.3) is 0 Å². The first-order valence-electron chi connectivity index (χ1n) is 7.63. The van der Waals surface area contributed by atoms with E-state index >= 15 is 0 Å². The topological polar surface area (TPSA) is 58.6 Å². The van der Waals surface area contributed by atoms with E-state index in [0.29, 0.717) is 12.5 Å². The van der Waals surface area contributed by atoms with Crippen molar-refractivity contribution >= 4 is 11.9 Å². The second kappa shape index (κ2) is 6.12. The highest BCUT2D eigenvalue weighted by Crippen LogP contribution is 2.28. The lowest BCUT2D eigenvalue weighted by molar-refractivity contribution is -0.206. The summed E-state index contributed by atoms with van der Waals surface area (Å²) < 4.78 is 0. The molecule has 2 fully saturated rings. The molecular weight excluding hydrogens is 256 g/mol. The van der Waals surface area contributed by atoms with Crippen LogP contribution in [0.4, 0.5) is 0 Å². The van der Waals surface area contributed by atoms with Gasteiger partial charge in [-0.2, -0.15) is 0 Å². The SMILES string of the molecule is CC(C)(C)C(=O)ON1CC(=O)N[C@H](C2CCCCC2)C1. The van der Waals surface area contributed by atoms with E-state index in [-0.39, 0.29) is 24.5 Å². The van der Waals surface area contributed by atoms with Crippen LogP contribution < -0.4 is 5.32 Å². The molecule has 0 aromatic carbocycles. The third-order valence-corrected chi connectivity index (χ3v) is 4.11. The largest absolute Gasteiger partial charge is 0.367 e.